The first kappa shape index (κ1) is 14.3. The number of hydrogen-bond donors (Lipinski definition) is 2. The number of carbonyl (C=O) groups excluding carboxylic acids is 1. The Morgan fingerprint density at radius 2 is 1.82 bits per heavy atom. The number of rotatable bonds is 2. The zero-order valence-corrected chi connectivity index (χ0v) is 12.6. The molecule has 0 aliphatic carbocycles. The van der Waals surface area contributed by atoms with Crippen molar-refractivity contribution in [1.82, 2.24) is 25.3 Å². The van der Waals surface area contributed by atoms with Gasteiger partial charge >= 0.3 is 0 Å². The number of nitrogens with zero attached hydrogens (tertiary/aromatic N) is 4. The third-order valence-electron chi connectivity index (χ3n) is 3.87. The summed E-state index contributed by atoms with van der Waals surface area (Å²) in [5.74, 6) is -0.156. The number of aromatic nitrogens is 4. The summed E-state index contributed by atoms with van der Waals surface area (Å²) in [7, 11) is 0. The molecule has 1 fully saturated rings. The fourth-order valence-corrected chi connectivity index (χ4v) is 2.77. The van der Waals surface area contributed by atoms with E-state index < -0.39 is 0 Å². The van der Waals surface area contributed by atoms with Crippen LogP contribution in [0.15, 0.2) is 16.9 Å². The summed E-state index contributed by atoms with van der Waals surface area (Å²) in [5, 5.41) is 13.3. The van der Waals surface area contributed by atoms with Crippen molar-refractivity contribution < 1.29 is 4.79 Å². The molecule has 2 aromatic heterocycles. The second-order valence-electron chi connectivity index (χ2n) is 5.37. The molecule has 22 heavy (non-hydrogen) atoms. The van der Waals surface area contributed by atoms with Crippen LogP contribution in [0, 0.1) is 13.8 Å². The van der Waals surface area contributed by atoms with Crippen molar-refractivity contribution in [3.63, 3.8) is 0 Å². The van der Waals surface area contributed by atoms with Crippen LogP contribution in [0.2, 0.25) is 0 Å². The summed E-state index contributed by atoms with van der Waals surface area (Å²) >= 11 is 0. The Morgan fingerprint density at radius 1 is 1.09 bits per heavy atom. The molecule has 0 radical (unpaired) electrons. The summed E-state index contributed by atoms with van der Waals surface area (Å²) in [6.45, 7) is 6.69. The molecule has 0 aromatic carbocycles. The van der Waals surface area contributed by atoms with Gasteiger partial charge in [0.25, 0.3) is 11.5 Å². The molecular formula is C14H18N6O2. The van der Waals surface area contributed by atoms with Gasteiger partial charge in [-0.25, -0.2) is 5.10 Å². The molecular weight excluding hydrogens is 284 g/mol. The van der Waals surface area contributed by atoms with E-state index in [0.717, 1.165) is 30.2 Å². The maximum atomic E-state index is 12.3. The molecule has 0 spiro atoms. The van der Waals surface area contributed by atoms with E-state index in [2.05, 4.69) is 25.3 Å². The van der Waals surface area contributed by atoms with E-state index in [9.17, 15) is 9.59 Å². The van der Waals surface area contributed by atoms with Crippen molar-refractivity contribution in [3.8, 4) is 0 Å². The van der Waals surface area contributed by atoms with Gasteiger partial charge in [0.2, 0.25) is 0 Å². The van der Waals surface area contributed by atoms with Gasteiger partial charge in [-0.05, 0) is 19.9 Å². The Kier molecular flexibility index (Phi) is 3.66. The van der Waals surface area contributed by atoms with Gasteiger partial charge in [0, 0.05) is 32.2 Å². The Labute approximate surface area is 127 Å². The number of aromatic amines is 2. The quantitative estimate of drug-likeness (QED) is 0.818. The first-order valence-corrected chi connectivity index (χ1v) is 7.18. The van der Waals surface area contributed by atoms with Crippen LogP contribution in [0.25, 0.3) is 0 Å². The van der Waals surface area contributed by atoms with Crippen LogP contribution >= 0.6 is 0 Å². The minimum Gasteiger partial charge on any atom is -0.365 e. The zero-order chi connectivity index (χ0) is 15.7. The van der Waals surface area contributed by atoms with E-state index in [1.54, 1.807) is 4.90 Å². The molecule has 1 aliphatic rings. The Hall–Kier alpha value is -2.64. The molecule has 0 atom stereocenters. The first-order valence-electron chi connectivity index (χ1n) is 7.18. The van der Waals surface area contributed by atoms with Crippen molar-refractivity contribution in [2.24, 2.45) is 0 Å². The van der Waals surface area contributed by atoms with E-state index in [0.29, 0.717) is 13.1 Å². The predicted octanol–water partition coefficient (Wildman–Crippen LogP) is 0.0722. The van der Waals surface area contributed by atoms with Crippen LogP contribution in [0.4, 0.5) is 5.69 Å². The van der Waals surface area contributed by atoms with E-state index in [1.165, 1.54) is 12.1 Å². The lowest BCUT2D eigenvalue weighted by Gasteiger charge is -2.36. The maximum Gasteiger partial charge on any atom is 0.274 e. The minimum absolute atomic E-state index is 0.156. The van der Waals surface area contributed by atoms with Crippen LogP contribution in [0.5, 0.6) is 0 Å². The first-order chi connectivity index (χ1) is 10.6. The molecule has 1 amide bonds. The molecule has 8 nitrogen and oxygen atoms in total. The number of amides is 1. The Morgan fingerprint density at radius 3 is 2.36 bits per heavy atom. The second kappa shape index (κ2) is 5.63. The topological polar surface area (TPSA) is 98.0 Å². The fourth-order valence-electron chi connectivity index (χ4n) is 2.77. The molecule has 0 bridgehead atoms. The largest absolute Gasteiger partial charge is 0.365 e. The number of piperazine rings is 1. The van der Waals surface area contributed by atoms with E-state index in [4.69, 9.17) is 0 Å². The monoisotopic (exact) mass is 302 g/mol. The van der Waals surface area contributed by atoms with Crippen LogP contribution in [-0.2, 0) is 0 Å². The molecule has 2 aromatic rings. The molecule has 1 saturated heterocycles. The van der Waals surface area contributed by atoms with E-state index in [1.807, 2.05) is 13.8 Å². The number of H-pyrrole nitrogens is 2. The van der Waals surface area contributed by atoms with Crippen LogP contribution < -0.4 is 10.5 Å². The molecule has 3 heterocycles. The normalized spacial score (nSPS) is 15.2. The van der Waals surface area contributed by atoms with Gasteiger partial charge < -0.3 is 9.80 Å². The average molecular weight is 302 g/mol. The molecule has 1 aliphatic heterocycles. The van der Waals surface area contributed by atoms with Gasteiger partial charge in [-0.2, -0.15) is 10.2 Å². The lowest BCUT2D eigenvalue weighted by atomic mass is 10.2. The predicted molar refractivity (Wildman–Crippen MR) is 81.0 cm³/mol. The van der Waals surface area contributed by atoms with Crippen LogP contribution in [0.3, 0.4) is 0 Å². The van der Waals surface area contributed by atoms with E-state index in [-0.39, 0.29) is 17.2 Å². The SMILES string of the molecule is Cc1n[nH]c(C)c1N1CCN(C(=O)c2ccc(=O)[nH]n2)CC1. The number of aryl methyl sites for hydroxylation is 2. The van der Waals surface area contributed by atoms with Crippen LogP contribution in [-0.4, -0.2) is 57.4 Å². The third-order valence-corrected chi connectivity index (χ3v) is 3.87. The number of carbonyl (C=O) groups is 1. The van der Waals surface area contributed by atoms with Gasteiger partial charge in [0.15, 0.2) is 0 Å². The highest BCUT2D eigenvalue weighted by Crippen LogP contribution is 2.23. The Balaban J connectivity index is 1.68. The minimum atomic E-state index is -0.313. The van der Waals surface area contributed by atoms with Crippen molar-refractivity contribution in [2.45, 2.75) is 13.8 Å². The fraction of sp³-hybridized carbons (Fsp3) is 0.429. The zero-order valence-electron chi connectivity index (χ0n) is 12.6. The van der Waals surface area contributed by atoms with Crippen molar-refractivity contribution in [3.05, 3.63) is 39.6 Å². The van der Waals surface area contributed by atoms with Crippen molar-refractivity contribution in [2.75, 3.05) is 31.1 Å². The molecule has 116 valence electrons. The lowest BCUT2D eigenvalue weighted by molar-refractivity contribution is 0.0739. The molecule has 3 rings (SSSR count). The molecule has 0 saturated carbocycles. The third kappa shape index (κ3) is 2.59. The van der Waals surface area contributed by atoms with Gasteiger partial charge in [-0.15, -0.1) is 0 Å². The summed E-state index contributed by atoms with van der Waals surface area (Å²) in [6.07, 6.45) is 0. The summed E-state index contributed by atoms with van der Waals surface area (Å²) < 4.78 is 0. The van der Waals surface area contributed by atoms with Gasteiger partial charge in [-0.1, -0.05) is 0 Å². The van der Waals surface area contributed by atoms with Gasteiger partial charge in [0.05, 0.1) is 17.1 Å². The highest BCUT2D eigenvalue weighted by molar-refractivity contribution is 5.92. The number of nitrogens with one attached hydrogen (secondary N) is 2. The van der Waals surface area contributed by atoms with Crippen molar-refractivity contribution >= 4 is 11.6 Å². The standard InChI is InChI=1S/C14H18N6O2/c1-9-13(10(2)16-15-9)19-5-7-20(8-6-19)14(22)11-3-4-12(21)18-17-11/h3-4H,5-8H2,1-2H3,(H,15,16)(H,18,21). The molecule has 8 heteroatoms. The van der Waals surface area contributed by atoms with Crippen molar-refractivity contribution in [1.29, 1.82) is 0 Å². The average Bonchev–Trinajstić information content (AvgIpc) is 2.86. The molecule has 0 unspecified atom stereocenters. The highest BCUT2D eigenvalue weighted by Gasteiger charge is 2.25. The summed E-state index contributed by atoms with van der Waals surface area (Å²) in [5.41, 5.74) is 3.09. The second-order valence-corrected chi connectivity index (χ2v) is 5.37. The summed E-state index contributed by atoms with van der Waals surface area (Å²) in [4.78, 5) is 27.3. The van der Waals surface area contributed by atoms with E-state index >= 15 is 0 Å². The summed E-state index contributed by atoms with van der Waals surface area (Å²) in [6, 6.07) is 2.77. The maximum absolute atomic E-state index is 12.3. The van der Waals surface area contributed by atoms with Gasteiger partial charge in [-0.3, -0.25) is 14.7 Å². The lowest BCUT2D eigenvalue weighted by Crippen LogP contribution is -2.49. The van der Waals surface area contributed by atoms with Gasteiger partial charge in [0.1, 0.15) is 5.69 Å². The highest BCUT2D eigenvalue weighted by atomic mass is 16.2. The smallest absolute Gasteiger partial charge is 0.274 e. The molecule has 2 N–H and O–H groups in total. The Bertz CT molecular complexity index is 702. The number of anilines is 1. The van der Waals surface area contributed by atoms with Crippen LogP contribution in [0.1, 0.15) is 21.9 Å². The number of hydrogen-bond acceptors (Lipinski definition) is 5.